The first-order valence-electron chi connectivity index (χ1n) is 7.94. The van der Waals surface area contributed by atoms with Crippen molar-refractivity contribution in [3.8, 4) is 0 Å². The Kier molecular flexibility index (Phi) is 5.72. The first-order chi connectivity index (χ1) is 11.3. The lowest BCUT2D eigenvalue weighted by molar-refractivity contribution is 0.101. The number of aromatic nitrogens is 1. The van der Waals surface area contributed by atoms with Crippen molar-refractivity contribution in [2.75, 3.05) is 12.4 Å². The van der Waals surface area contributed by atoms with Crippen LogP contribution in [0.1, 0.15) is 52.7 Å². The predicted molar refractivity (Wildman–Crippen MR) is 97.9 cm³/mol. The number of amides is 2. The summed E-state index contributed by atoms with van der Waals surface area (Å²) in [6, 6.07) is 6.67. The van der Waals surface area contributed by atoms with E-state index in [9.17, 15) is 9.59 Å². The van der Waals surface area contributed by atoms with Crippen molar-refractivity contribution >= 4 is 28.8 Å². The molecular weight excluding hydrogens is 322 g/mol. The van der Waals surface area contributed by atoms with Crippen LogP contribution < -0.4 is 5.32 Å². The van der Waals surface area contributed by atoms with Crippen LogP contribution >= 0.6 is 11.3 Å². The molecule has 1 aromatic carbocycles. The van der Waals surface area contributed by atoms with Gasteiger partial charge in [-0.1, -0.05) is 19.1 Å². The molecule has 0 radical (unpaired) electrons. The number of hydrogen-bond acceptors (Lipinski definition) is 4. The van der Waals surface area contributed by atoms with E-state index in [4.69, 9.17) is 0 Å². The van der Waals surface area contributed by atoms with E-state index in [1.165, 1.54) is 6.92 Å². The Morgan fingerprint density at radius 1 is 1.38 bits per heavy atom. The number of nitrogens with one attached hydrogen (secondary N) is 1. The maximum atomic E-state index is 12.5. The van der Waals surface area contributed by atoms with Gasteiger partial charge in [0.2, 0.25) is 0 Å². The second kappa shape index (κ2) is 7.57. The maximum Gasteiger partial charge on any atom is 0.322 e. The minimum Gasteiger partial charge on any atom is -0.320 e. The van der Waals surface area contributed by atoms with Crippen LogP contribution in [-0.2, 0) is 6.42 Å². The molecule has 2 aromatic rings. The highest BCUT2D eigenvalue weighted by molar-refractivity contribution is 7.11. The van der Waals surface area contributed by atoms with E-state index in [1.54, 1.807) is 47.5 Å². The lowest BCUT2D eigenvalue weighted by atomic mass is 10.1. The summed E-state index contributed by atoms with van der Waals surface area (Å²) in [5.41, 5.74) is 2.17. The summed E-state index contributed by atoms with van der Waals surface area (Å²) >= 11 is 1.65. The maximum absolute atomic E-state index is 12.5. The number of carbonyl (C=O) groups is 2. The van der Waals surface area contributed by atoms with Gasteiger partial charge in [0, 0.05) is 23.2 Å². The zero-order chi connectivity index (χ0) is 17.9. The van der Waals surface area contributed by atoms with Crippen LogP contribution in [0, 0.1) is 6.92 Å². The van der Waals surface area contributed by atoms with Gasteiger partial charge in [0.05, 0.1) is 16.7 Å². The molecule has 2 amide bonds. The molecule has 1 aromatic heterocycles. The minimum atomic E-state index is -0.214. The molecule has 1 atom stereocenters. The Labute approximate surface area is 146 Å². The fourth-order valence-corrected chi connectivity index (χ4v) is 3.49. The largest absolute Gasteiger partial charge is 0.322 e. The third kappa shape index (κ3) is 4.00. The summed E-state index contributed by atoms with van der Waals surface area (Å²) in [4.78, 5) is 31.2. The van der Waals surface area contributed by atoms with Crippen LogP contribution in [0.5, 0.6) is 0 Å². The molecule has 0 aliphatic heterocycles. The quantitative estimate of drug-likeness (QED) is 0.815. The topological polar surface area (TPSA) is 62.3 Å². The Bertz CT molecular complexity index is 754. The number of rotatable bonds is 5. The van der Waals surface area contributed by atoms with Crippen molar-refractivity contribution in [1.29, 1.82) is 0 Å². The van der Waals surface area contributed by atoms with Gasteiger partial charge in [0.15, 0.2) is 5.78 Å². The number of ketones is 1. The van der Waals surface area contributed by atoms with Gasteiger partial charge in [-0.3, -0.25) is 4.79 Å². The third-order valence-corrected chi connectivity index (χ3v) is 5.45. The molecule has 128 valence electrons. The monoisotopic (exact) mass is 345 g/mol. The smallest absolute Gasteiger partial charge is 0.320 e. The van der Waals surface area contributed by atoms with Crippen LogP contribution in [0.25, 0.3) is 0 Å². The molecule has 6 heteroatoms. The van der Waals surface area contributed by atoms with Crippen molar-refractivity contribution in [2.24, 2.45) is 0 Å². The normalized spacial score (nSPS) is 11.9. The van der Waals surface area contributed by atoms with Crippen molar-refractivity contribution in [3.05, 3.63) is 45.4 Å². The summed E-state index contributed by atoms with van der Waals surface area (Å²) in [6.45, 7) is 7.55. The third-order valence-electron chi connectivity index (χ3n) is 3.98. The molecule has 1 unspecified atom stereocenters. The minimum absolute atomic E-state index is 0.0276. The molecule has 0 spiro atoms. The van der Waals surface area contributed by atoms with Crippen molar-refractivity contribution in [2.45, 2.75) is 40.2 Å². The van der Waals surface area contributed by atoms with Gasteiger partial charge in [-0.15, -0.1) is 11.3 Å². The molecule has 2 rings (SSSR count). The number of thiazole rings is 1. The SMILES string of the molecule is CCc1nc(C)c(C(C)N(C)C(=O)Nc2cccc(C(C)=O)c2)s1. The average molecular weight is 345 g/mol. The van der Waals surface area contributed by atoms with Crippen LogP contribution in [-0.4, -0.2) is 28.7 Å². The molecule has 1 N–H and O–H groups in total. The second-order valence-corrected chi connectivity index (χ2v) is 6.88. The van der Waals surface area contributed by atoms with Gasteiger partial charge in [-0.2, -0.15) is 0 Å². The van der Waals surface area contributed by atoms with Crippen molar-refractivity contribution < 1.29 is 9.59 Å². The summed E-state index contributed by atoms with van der Waals surface area (Å²) in [5, 5.41) is 3.93. The Balaban J connectivity index is 2.12. The van der Waals surface area contributed by atoms with Crippen LogP contribution in [0.15, 0.2) is 24.3 Å². The summed E-state index contributed by atoms with van der Waals surface area (Å²) in [7, 11) is 1.76. The van der Waals surface area contributed by atoms with E-state index in [1.807, 2.05) is 13.8 Å². The molecule has 0 aliphatic carbocycles. The zero-order valence-electron chi connectivity index (χ0n) is 14.7. The molecule has 0 saturated heterocycles. The molecule has 0 bridgehead atoms. The Morgan fingerprint density at radius 2 is 2.08 bits per heavy atom. The van der Waals surface area contributed by atoms with E-state index in [-0.39, 0.29) is 17.9 Å². The standard InChI is InChI=1S/C18H23N3O2S/c1-6-16-19-11(2)17(24-16)12(3)21(5)18(23)20-15-9-7-8-14(10-15)13(4)22/h7-10,12H,6H2,1-5H3,(H,20,23). The molecule has 24 heavy (non-hydrogen) atoms. The highest BCUT2D eigenvalue weighted by Crippen LogP contribution is 2.29. The fraction of sp³-hybridized carbons (Fsp3) is 0.389. The van der Waals surface area contributed by atoms with Crippen LogP contribution in [0.3, 0.4) is 0 Å². The number of benzene rings is 1. The first kappa shape index (κ1) is 18.1. The van der Waals surface area contributed by atoms with Crippen LogP contribution in [0.2, 0.25) is 0 Å². The summed E-state index contributed by atoms with van der Waals surface area (Å²) < 4.78 is 0. The predicted octanol–water partition coefficient (Wildman–Crippen LogP) is 4.44. The number of carbonyl (C=O) groups excluding carboxylic acids is 2. The van der Waals surface area contributed by atoms with Crippen LogP contribution in [0.4, 0.5) is 10.5 Å². The van der Waals surface area contributed by atoms with Gasteiger partial charge in [-0.25, -0.2) is 9.78 Å². The lowest BCUT2D eigenvalue weighted by Gasteiger charge is -2.24. The van der Waals surface area contributed by atoms with Gasteiger partial charge in [0.1, 0.15) is 0 Å². The number of anilines is 1. The Morgan fingerprint density at radius 3 is 2.67 bits per heavy atom. The van der Waals surface area contributed by atoms with Gasteiger partial charge in [0.25, 0.3) is 0 Å². The number of hydrogen-bond donors (Lipinski definition) is 1. The van der Waals surface area contributed by atoms with E-state index in [0.29, 0.717) is 11.3 Å². The fourth-order valence-electron chi connectivity index (χ4n) is 2.38. The number of aryl methyl sites for hydroxylation is 2. The lowest BCUT2D eigenvalue weighted by Crippen LogP contribution is -2.33. The highest BCUT2D eigenvalue weighted by atomic mass is 32.1. The molecular formula is C18H23N3O2S. The average Bonchev–Trinajstić information content (AvgIpc) is 2.94. The molecule has 0 saturated carbocycles. The van der Waals surface area contributed by atoms with Gasteiger partial charge < -0.3 is 10.2 Å². The van der Waals surface area contributed by atoms with E-state index in [0.717, 1.165) is 22.0 Å². The molecule has 0 fully saturated rings. The number of nitrogens with zero attached hydrogens (tertiary/aromatic N) is 2. The van der Waals surface area contributed by atoms with Crippen molar-refractivity contribution in [1.82, 2.24) is 9.88 Å². The van der Waals surface area contributed by atoms with E-state index in [2.05, 4.69) is 17.2 Å². The highest BCUT2D eigenvalue weighted by Gasteiger charge is 2.22. The van der Waals surface area contributed by atoms with Crippen molar-refractivity contribution in [3.63, 3.8) is 0 Å². The Hall–Kier alpha value is -2.21. The number of Topliss-reactive ketones (excluding diaryl/α,β-unsaturated/α-hetero) is 1. The van der Waals surface area contributed by atoms with Gasteiger partial charge >= 0.3 is 6.03 Å². The van der Waals surface area contributed by atoms with E-state index >= 15 is 0 Å². The summed E-state index contributed by atoms with van der Waals surface area (Å²) in [5.74, 6) is -0.0276. The summed E-state index contributed by atoms with van der Waals surface area (Å²) in [6.07, 6.45) is 0.895. The zero-order valence-corrected chi connectivity index (χ0v) is 15.5. The molecule has 0 aliphatic rings. The first-order valence-corrected chi connectivity index (χ1v) is 8.76. The number of urea groups is 1. The van der Waals surface area contributed by atoms with E-state index < -0.39 is 0 Å². The molecule has 1 heterocycles. The van der Waals surface area contributed by atoms with Gasteiger partial charge in [-0.05, 0) is 39.3 Å². The second-order valence-electron chi connectivity index (χ2n) is 5.76. The molecule has 5 nitrogen and oxygen atoms in total.